The number of anilines is 1. The molecule has 0 saturated carbocycles. The summed E-state index contributed by atoms with van der Waals surface area (Å²) in [7, 11) is 0. The van der Waals surface area contributed by atoms with Crippen molar-refractivity contribution in [3.63, 3.8) is 0 Å². The maximum Gasteiger partial charge on any atom is 0.196 e. The van der Waals surface area contributed by atoms with E-state index in [2.05, 4.69) is 18.7 Å². The van der Waals surface area contributed by atoms with Gasteiger partial charge in [0.05, 0.1) is 27.4 Å². The monoisotopic (exact) mass is 440 g/mol. The highest BCUT2D eigenvalue weighted by atomic mass is 35.5. The Kier molecular flexibility index (Phi) is 5.03. The predicted molar refractivity (Wildman–Crippen MR) is 129 cm³/mol. The van der Waals surface area contributed by atoms with Gasteiger partial charge < -0.3 is 4.90 Å². The number of rotatable bonds is 4. The van der Waals surface area contributed by atoms with Crippen molar-refractivity contribution in [1.29, 1.82) is 0 Å². The molecule has 1 heterocycles. The first-order valence-electron chi connectivity index (χ1n) is 10.7. The van der Waals surface area contributed by atoms with Gasteiger partial charge in [-0.3, -0.25) is 9.59 Å². The highest BCUT2D eigenvalue weighted by Crippen LogP contribution is 2.40. The highest BCUT2D eigenvalue weighted by molar-refractivity contribution is 6.41. The molecule has 0 fully saturated rings. The van der Waals surface area contributed by atoms with Crippen molar-refractivity contribution >= 4 is 39.8 Å². The molecule has 1 aliphatic rings. The largest absolute Gasteiger partial charge is 0.371 e. The average Bonchev–Trinajstić information content (AvgIpc) is 2.83. The van der Waals surface area contributed by atoms with E-state index in [0.717, 1.165) is 35.4 Å². The quantitative estimate of drug-likeness (QED) is 0.335. The van der Waals surface area contributed by atoms with Gasteiger partial charge in [0.25, 0.3) is 0 Å². The van der Waals surface area contributed by atoms with Gasteiger partial charge in [-0.05, 0) is 26.0 Å². The van der Waals surface area contributed by atoms with Crippen LogP contribution in [-0.4, -0.2) is 29.6 Å². The molecule has 4 aromatic rings. The maximum absolute atomic E-state index is 13.6. The van der Waals surface area contributed by atoms with Crippen LogP contribution in [0.25, 0.3) is 22.2 Å². The Balaban J connectivity index is 1.90. The number of nitrogens with zero attached hydrogens (tertiary/aromatic N) is 2. The zero-order valence-corrected chi connectivity index (χ0v) is 18.6. The van der Waals surface area contributed by atoms with Crippen molar-refractivity contribution in [3.05, 3.63) is 94.0 Å². The SMILES string of the molecule is CCN(CC)c1cc(-c2ccccc2)nc2c3c(c(Cl)cc12)C(=O)c1ccccc1C3=O. The minimum atomic E-state index is -0.238. The lowest BCUT2D eigenvalue weighted by Gasteiger charge is -2.26. The Morgan fingerprint density at radius 3 is 2.03 bits per heavy atom. The summed E-state index contributed by atoms with van der Waals surface area (Å²) < 4.78 is 0. The molecular formula is C27H21ClN2O2. The molecule has 3 aromatic carbocycles. The first-order chi connectivity index (χ1) is 15.5. The summed E-state index contributed by atoms with van der Waals surface area (Å²) in [5, 5.41) is 1.06. The van der Waals surface area contributed by atoms with Crippen LogP contribution in [0.5, 0.6) is 0 Å². The standard InChI is InChI=1S/C27H21ClN2O2/c1-3-30(4-2)22-15-21(16-10-6-5-7-11-16)29-25-19(22)14-20(28)23-24(25)27(32)18-13-9-8-12-17(18)26(23)31/h5-15H,3-4H2,1-2H3. The van der Waals surface area contributed by atoms with E-state index in [1.54, 1.807) is 30.3 Å². The fraction of sp³-hybridized carbons (Fsp3) is 0.148. The smallest absolute Gasteiger partial charge is 0.196 e. The minimum absolute atomic E-state index is 0.217. The van der Waals surface area contributed by atoms with Crippen molar-refractivity contribution in [2.45, 2.75) is 13.8 Å². The van der Waals surface area contributed by atoms with Crippen LogP contribution in [0.3, 0.4) is 0 Å². The van der Waals surface area contributed by atoms with E-state index in [0.29, 0.717) is 22.2 Å². The third-order valence-corrected chi connectivity index (χ3v) is 6.38. The van der Waals surface area contributed by atoms with E-state index >= 15 is 0 Å². The van der Waals surface area contributed by atoms with Gasteiger partial charge in [0.2, 0.25) is 0 Å². The molecular weight excluding hydrogens is 420 g/mol. The second kappa shape index (κ2) is 7.88. The number of ketones is 2. The number of pyridine rings is 1. The molecule has 0 radical (unpaired) electrons. The van der Waals surface area contributed by atoms with Crippen LogP contribution in [0.2, 0.25) is 5.02 Å². The summed E-state index contributed by atoms with van der Waals surface area (Å²) in [4.78, 5) is 34.1. The van der Waals surface area contributed by atoms with Crippen molar-refractivity contribution in [2.24, 2.45) is 0 Å². The van der Waals surface area contributed by atoms with Gasteiger partial charge in [-0.2, -0.15) is 0 Å². The average molecular weight is 441 g/mol. The van der Waals surface area contributed by atoms with Crippen LogP contribution in [-0.2, 0) is 0 Å². The molecule has 0 N–H and O–H groups in total. The number of carbonyl (C=O) groups is 2. The summed E-state index contributed by atoms with van der Waals surface area (Å²) in [5.41, 5.74) is 4.47. The highest BCUT2D eigenvalue weighted by Gasteiger charge is 2.34. The van der Waals surface area contributed by atoms with Gasteiger partial charge in [-0.15, -0.1) is 0 Å². The Morgan fingerprint density at radius 1 is 0.812 bits per heavy atom. The molecule has 4 nitrogen and oxygen atoms in total. The zero-order chi connectivity index (χ0) is 22.4. The number of carbonyl (C=O) groups excluding carboxylic acids is 2. The Bertz CT molecular complexity index is 1390. The summed E-state index contributed by atoms with van der Waals surface area (Å²) in [6, 6.07) is 20.6. The Hall–Kier alpha value is -3.50. The van der Waals surface area contributed by atoms with Gasteiger partial charge >= 0.3 is 0 Å². The van der Waals surface area contributed by atoms with Crippen LogP contribution < -0.4 is 4.90 Å². The topological polar surface area (TPSA) is 50.3 Å². The van der Waals surface area contributed by atoms with Crippen LogP contribution in [0.15, 0.2) is 66.7 Å². The van der Waals surface area contributed by atoms with Crippen molar-refractivity contribution < 1.29 is 9.59 Å². The summed E-state index contributed by atoms with van der Waals surface area (Å²) >= 11 is 6.65. The molecule has 0 saturated heterocycles. The van der Waals surface area contributed by atoms with E-state index in [1.807, 2.05) is 36.4 Å². The third kappa shape index (κ3) is 3.02. The number of hydrogen-bond donors (Lipinski definition) is 0. The van der Waals surface area contributed by atoms with Crippen LogP contribution in [0, 0.1) is 0 Å². The zero-order valence-electron chi connectivity index (χ0n) is 17.9. The molecule has 0 aliphatic heterocycles. The number of halogens is 1. The Morgan fingerprint density at radius 2 is 1.41 bits per heavy atom. The van der Waals surface area contributed by atoms with Crippen LogP contribution >= 0.6 is 11.6 Å². The fourth-order valence-corrected chi connectivity index (χ4v) is 4.77. The van der Waals surface area contributed by atoms with E-state index in [-0.39, 0.29) is 22.2 Å². The van der Waals surface area contributed by atoms with Gasteiger partial charge in [-0.25, -0.2) is 4.98 Å². The summed E-state index contributed by atoms with van der Waals surface area (Å²) in [6.07, 6.45) is 0. The van der Waals surface area contributed by atoms with Crippen LogP contribution in [0.1, 0.15) is 45.7 Å². The first-order valence-corrected chi connectivity index (χ1v) is 11.1. The second-order valence-electron chi connectivity index (χ2n) is 7.77. The number of aromatic nitrogens is 1. The second-order valence-corrected chi connectivity index (χ2v) is 8.18. The lowest BCUT2D eigenvalue weighted by molar-refractivity contribution is 0.0980. The van der Waals surface area contributed by atoms with Crippen LogP contribution in [0.4, 0.5) is 5.69 Å². The molecule has 1 aliphatic carbocycles. The van der Waals surface area contributed by atoms with Crippen molar-refractivity contribution in [1.82, 2.24) is 4.98 Å². The third-order valence-electron chi connectivity index (χ3n) is 6.08. The number of hydrogen-bond acceptors (Lipinski definition) is 4. The molecule has 0 atom stereocenters. The molecule has 0 spiro atoms. The van der Waals surface area contributed by atoms with Gasteiger partial charge in [0, 0.05) is 40.9 Å². The molecule has 1 aromatic heterocycles. The summed E-state index contributed by atoms with van der Waals surface area (Å²) in [5.74, 6) is -0.454. The molecule has 32 heavy (non-hydrogen) atoms. The van der Waals surface area contributed by atoms with E-state index in [4.69, 9.17) is 16.6 Å². The van der Waals surface area contributed by atoms with Crippen molar-refractivity contribution in [3.8, 4) is 11.3 Å². The Labute approximate surface area is 191 Å². The lowest BCUT2D eigenvalue weighted by Crippen LogP contribution is -2.24. The molecule has 5 rings (SSSR count). The molecule has 0 amide bonds. The molecule has 158 valence electrons. The number of benzene rings is 3. The summed E-state index contributed by atoms with van der Waals surface area (Å²) in [6.45, 7) is 5.74. The first kappa shape index (κ1) is 20.4. The normalized spacial score (nSPS) is 12.6. The lowest BCUT2D eigenvalue weighted by atomic mass is 9.82. The van der Waals surface area contributed by atoms with E-state index < -0.39 is 0 Å². The molecule has 5 heteroatoms. The predicted octanol–water partition coefficient (Wildman–Crippen LogP) is 6.18. The van der Waals surface area contributed by atoms with Gasteiger partial charge in [-0.1, -0.05) is 66.2 Å². The van der Waals surface area contributed by atoms with Gasteiger partial charge in [0.15, 0.2) is 11.6 Å². The van der Waals surface area contributed by atoms with E-state index in [9.17, 15) is 9.59 Å². The number of fused-ring (bicyclic) bond motifs is 4. The van der Waals surface area contributed by atoms with Gasteiger partial charge in [0.1, 0.15) is 0 Å². The van der Waals surface area contributed by atoms with E-state index in [1.165, 1.54) is 0 Å². The maximum atomic E-state index is 13.6. The molecule has 0 unspecified atom stereocenters. The fourth-order valence-electron chi connectivity index (χ4n) is 4.49. The minimum Gasteiger partial charge on any atom is -0.371 e. The molecule has 0 bridgehead atoms. The van der Waals surface area contributed by atoms with Crippen molar-refractivity contribution in [2.75, 3.05) is 18.0 Å².